The number of carbonyl (C=O) groups is 1. The van der Waals surface area contributed by atoms with Gasteiger partial charge in [-0.2, -0.15) is 5.10 Å². The highest BCUT2D eigenvalue weighted by molar-refractivity contribution is 6.30. The fraction of sp³-hybridized carbons (Fsp3) is 0.714. The highest BCUT2D eigenvalue weighted by Gasteiger charge is 2.13. The number of aromatic nitrogens is 2. The molecule has 0 aromatic carbocycles. The molecule has 0 bridgehead atoms. The predicted molar refractivity (Wildman–Crippen MR) is 79.9 cm³/mol. The quantitative estimate of drug-likeness (QED) is 0.775. The normalized spacial score (nSPS) is 14.2. The van der Waals surface area contributed by atoms with E-state index in [-0.39, 0.29) is 5.92 Å². The topological polar surface area (TPSA) is 67.2 Å². The van der Waals surface area contributed by atoms with Crippen molar-refractivity contribution in [3.05, 3.63) is 16.4 Å². The molecule has 2 N–H and O–H groups in total. The molecule has 1 rings (SSSR count). The molecule has 2 atom stereocenters. The van der Waals surface area contributed by atoms with Crippen molar-refractivity contribution in [2.24, 2.45) is 13.0 Å². The first-order valence-corrected chi connectivity index (χ1v) is 7.34. The zero-order valence-electron chi connectivity index (χ0n) is 12.6. The molecular formula is C14H24ClN3O2. The van der Waals surface area contributed by atoms with Gasteiger partial charge in [0.1, 0.15) is 5.15 Å². The minimum Gasteiger partial charge on any atom is -0.481 e. The van der Waals surface area contributed by atoms with Gasteiger partial charge in [0.2, 0.25) is 0 Å². The molecule has 0 radical (unpaired) electrons. The standard InChI is InChI=1S/C14H24ClN3O2/c1-9(14(19)20)6-5-7-10(2)16-8-12-11(3)17-18(4)13(12)15/h9-10,16H,5-8H2,1-4H3,(H,19,20). The Morgan fingerprint density at radius 2 is 2.10 bits per heavy atom. The van der Waals surface area contributed by atoms with E-state index >= 15 is 0 Å². The largest absolute Gasteiger partial charge is 0.481 e. The van der Waals surface area contributed by atoms with Crippen molar-refractivity contribution >= 4 is 17.6 Å². The average Bonchev–Trinajstić information content (AvgIpc) is 2.61. The lowest BCUT2D eigenvalue weighted by molar-refractivity contribution is -0.141. The molecule has 0 saturated carbocycles. The summed E-state index contributed by atoms with van der Waals surface area (Å²) in [6.07, 6.45) is 2.57. The van der Waals surface area contributed by atoms with Crippen LogP contribution in [0.15, 0.2) is 0 Å². The molecule has 1 aromatic rings. The molecule has 0 fully saturated rings. The van der Waals surface area contributed by atoms with Crippen molar-refractivity contribution in [1.82, 2.24) is 15.1 Å². The van der Waals surface area contributed by atoms with Gasteiger partial charge in [0.25, 0.3) is 0 Å². The lowest BCUT2D eigenvalue weighted by Gasteiger charge is -2.14. The first kappa shape index (κ1) is 17.0. The number of nitrogens with one attached hydrogen (secondary N) is 1. The number of hydrogen-bond acceptors (Lipinski definition) is 3. The van der Waals surface area contributed by atoms with Gasteiger partial charge in [-0.05, 0) is 26.7 Å². The van der Waals surface area contributed by atoms with Crippen molar-refractivity contribution < 1.29 is 9.90 Å². The number of carboxylic acids is 1. The monoisotopic (exact) mass is 301 g/mol. The molecule has 0 aliphatic rings. The Kier molecular flexibility index (Phi) is 6.49. The van der Waals surface area contributed by atoms with Gasteiger partial charge in [-0.3, -0.25) is 9.48 Å². The summed E-state index contributed by atoms with van der Waals surface area (Å²) in [5, 5.41) is 17.2. The van der Waals surface area contributed by atoms with Gasteiger partial charge in [-0.1, -0.05) is 24.9 Å². The van der Waals surface area contributed by atoms with Gasteiger partial charge >= 0.3 is 5.97 Å². The maximum atomic E-state index is 10.7. The van der Waals surface area contributed by atoms with E-state index in [9.17, 15) is 4.79 Å². The third kappa shape index (κ3) is 4.80. The van der Waals surface area contributed by atoms with Crippen molar-refractivity contribution in [3.8, 4) is 0 Å². The molecule has 1 aromatic heterocycles. The van der Waals surface area contributed by atoms with Crippen molar-refractivity contribution in [2.45, 2.75) is 52.6 Å². The van der Waals surface area contributed by atoms with Crippen LogP contribution in [-0.2, 0) is 18.4 Å². The Hall–Kier alpha value is -1.07. The third-order valence-corrected chi connectivity index (χ3v) is 4.07. The zero-order valence-corrected chi connectivity index (χ0v) is 13.4. The van der Waals surface area contributed by atoms with Crippen LogP contribution in [0.3, 0.4) is 0 Å². The van der Waals surface area contributed by atoms with Crippen LogP contribution in [0.2, 0.25) is 5.15 Å². The number of aryl methyl sites for hydroxylation is 2. The Morgan fingerprint density at radius 3 is 2.60 bits per heavy atom. The van der Waals surface area contributed by atoms with Gasteiger partial charge in [0.15, 0.2) is 0 Å². The summed E-state index contributed by atoms with van der Waals surface area (Å²) in [5.41, 5.74) is 1.97. The molecule has 5 nitrogen and oxygen atoms in total. The Morgan fingerprint density at radius 1 is 1.45 bits per heavy atom. The fourth-order valence-corrected chi connectivity index (χ4v) is 2.35. The summed E-state index contributed by atoms with van der Waals surface area (Å²) in [5.74, 6) is -0.986. The van der Waals surface area contributed by atoms with Crippen LogP contribution in [0.1, 0.15) is 44.4 Å². The highest BCUT2D eigenvalue weighted by Crippen LogP contribution is 2.18. The summed E-state index contributed by atoms with van der Waals surface area (Å²) in [7, 11) is 1.83. The van der Waals surface area contributed by atoms with Crippen molar-refractivity contribution in [1.29, 1.82) is 0 Å². The minimum atomic E-state index is -0.719. The third-order valence-electron chi connectivity index (χ3n) is 3.59. The molecule has 20 heavy (non-hydrogen) atoms. The lowest BCUT2D eigenvalue weighted by atomic mass is 10.0. The molecule has 0 spiro atoms. The van der Waals surface area contributed by atoms with Gasteiger partial charge in [-0.25, -0.2) is 0 Å². The van der Waals surface area contributed by atoms with Crippen LogP contribution in [0.4, 0.5) is 0 Å². The number of rotatable bonds is 8. The molecular weight excluding hydrogens is 278 g/mol. The molecule has 0 aliphatic heterocycles. The second-order valence-electron chi connectivity index (χ2n) is 5.43. The van der Waals surface area contributed by atoms with E-state index in [0.29, 0.717) is 24.2 Å². The first-order valence-electron chi connectivity index (χ1n) is 6.97. The zero-order chi connectivity index (χ0) is 15.3. The van der Waals surface area contributed by atoms with E-state index in [4.69, 9.17) is 16.7 Å². The Bertz CT molecular complexity index is 460. The smallest absolute Gasteiger partial charge is 0.306 e. The molecule has 0 saturated heterocycles. The highest BCUT2D eigenvalue weighted by atomic mass is 35.5. The van der Waals surface area contributed by atoms with E-state index < -0.39 is 5.97 Å². The van der Waals surface area contributed by atoms with Crippen LogP contribution >= 0.6 is 11.6 Å². The van der Waals surface area contributed by atoms with E-state index in [1.165, 1.54) is 0 Å². The van der Waals surface area contributed by atoms with Crippen LogP contribution in [0.25, 0.3) is 0 Å². The molecule has 2 unspecified atom stereocenters. The predicted octanol–water partition coefficient (Wildman–Crippen LogP) is 2.75. The maximum absolute atomic E-state index is 10.7. The summed E-state index contributed by atoms with van der Waals surface area (Å²) < 4.78 is 1.67. The van der Waals surface area contributed by atoms with Crippen LogP contribution < -0.4 is 5.32 Å². The van der Waals surface area contributed by atoms with Crippen LogP contribution in [0.5, 0.6) is 0 Å². The molecule has 0 amide bonds. The number of carboxylic acid groups (broad SMARTS) is 1. The number of halogens is 1. The SMILES string of the molecule is Cc1nn(C)c(Cl)c1CNC(C)CCCC(C)C(=O)O. The number of aliphatic carboxylic acids is 1. The lowest BCUT2D eigenvalue weighted by Crippen LogP contribution is -2.26. The summed E-state index contributed by atoms with van der Waals surface area (Å²) in [4.78, 5) is 10.7. The van der Waals surface area contributed by atoms with Gasteiger partial charge < -0.3 is 10.4 Å². The van der Waals surface area contributed by atoms with Crippen LogP contribution in [-0.4, -0.2) is 26.9 Å². The fourth-order valence-electron chi connectivity index (χ4n) is 2.11. The molecule has 114 valence electrons. The summed E-state index contributed by atoms with van der Waals surface area (Å²) in [6, 6.07) is 0.326. The van der Waals surface area contributed by atoms with Crippen molar-refractivity contribution in [3.63, 3.8) is 0 Å². The minimum absolute atomic E-state index is 0.266. The second-order valence-corrected chi connectivity index (χ2v) is 5.79. The number of hydrogen-bond donors (Lipinski definition) is 2. The van der Waals surface area contributed by atoms with Gasteiger partial charge in [0.05, 0.1) is 11.6 Å². The summed E-state index contributed by atoms with van der Waals surface area (Å²) >= 11 is 6.17. The molecule has 1 heterocycles. The molecule has 0 aliphatic carbocycles. The molecule has 6 heteroatoms. The van der Waals surface area contributed by atoms with Crippen molar-refractivity contribution in [2.75, 3.05) is 0 Å². The average molecular weight is 302 g/mol. The first-order chi connectivity index (χ1) is 9.32. The maximum Gasteiger partial charge on any atom is 0.306 e. The van der Waals surface area contributed by atoms with E-state index in [0.717, 1.165) is 24.1 Å². The Labute approximate surface area is 125 Å². The van der Waals surface area contributed by atoms with E-state index in [1.807, 2.05) is 14.0 Å². The number of nitrogens with zero attached hydrogens (tertiary/aromatic N) is 2. The van der Waals surface area contributed by atoms with E-state index in [1.54, 1.807) is 11.6 Å². The van der Waals surface area contributed by atoms with Crippen LogP contribution in [0, 0.1) is 12.8 Å². The Balaban J connectivity index is 2.33. The second kappa shape index (κ2) is 7.64. The summed E-state index contributed by atoms with van der Waals surface area (Å²) in [6.45, 7) is 6.49. The van der Waals surface area contributed by atoms with E-state index in [2.05, 4.69) is 17.3 Å². The van der Waals surface area contributed by atoms with Gasteiger partial charge in [-0.15, -0.1) is 0 Å². The van der Waals surface area contributed by atoms with Gasteiger partial charge in [0, 0.05) is 25.2 Å².